The van der Waals surface area contributed by atoms with E-state index in [1.807, 2.05) is 0 Å². The van der Waals surface area contributed by atoms with E-state index < -0.39 is 47.7 Å². The van der Waals surface area contributed by atoms with Crippen LogP contribution in [0.3, 0.4) is 0 Å². The number of methoxy groups -OCH3 is 1. The minimum Gasteiger partial charge on any atom is -0.500 e. The van der Waals surface area contributed by atoms with Gasteiger partial charge in [-0.2, -0.15) is 0 Å². The number of carboxylic acids is 1. The van der Waals surface area contributed by atoms with Crippen LogP contribution in [0.5, 0.6) is 11.5 Å². The Morgan fingerprint density at radius 3 is 2.50 bits per heavy atom. The molecule has 7 N–H and O–H groups in total. The number of phenolic OH excluding ortho intramolecular Hbond substituents is 1. The molecule has 0 bridgehead atoms. The van der Waals surface area contributed by atoms with Crippen molar-refractivity contribution < 1.29 is 34.1 Å². The van der Waals surface area contributed by atoms with Gasteiger partial charge < -0.3 is 31.3 Å². The molecular weight excluding hydrogens is 345 g/mol. The van der Waals surface area contributed by atoms with E-state index in [-0.39, 0.29) is 17.7 Å². The summed E-state index contributed by atoms with van der Waals surface area (Å²) in [5.74, 6) is -5.28. The van der Waals surface area contributed by atoms with E-state index in [9.17, 15) is 29.5 Å². The van der Waals surface area contributed by atoms with Crippen molar-refractivity contribution in [2.75, 3.05) is 7.11 Å². The highest BCUT2D eigenvalue weighted by Crippen LogP contribution is 2.57. The van der Waals surface area contributed by atoms with Crippen molar-refractivity contribution in [3.05, 3.63) is 27.8 Å². The van der Waals surface area contributed by atoms with Gasteiger partial charge in [0.15, 0.2) is 5.75 Å². The molecule has 0 aliphatic carbocycles. The number of nitro groups is 1. The van der Waals surface area contributed by atoms with Crippen molar-refractivity contribution in [3.63, 3.8) is 0 Å². The lowest BCUT2D eigenvalue weighted by atomic mass is 10.1. The van der Waals surface area contributed by atoms with E-state index in [4.69, 9.17) is 21.3 Å². The van der Waals surface area contributed by atoms with E-state index in [1.54, 1.807) is 0 Å². The zero-order chi connectivity index (χ0) is 18.7. The first-order valence-electron chi connectivity index (χ1n) is 6.62. The molecule has 24 heavy (non-hydrogen) atoms. The molecule has 1 aromatic carbocycles. The minimum atomic E-state index is -4.32. The number of ether oxygens (including phenoxy) is 1. The van der Waals surface area contributed by atoms with E-state index in [0.717, 1.165) is 19.2 Å². The first-order chi connectivity index (χ1) is 11.0. The molecule has 0 aliphatic rings. The summed E-state index contributed by atoms with van der Waals surface area (Å²) in [6.45, 7) is 0. The molecule has 3 unspecified atom stereocenters. The van der Waals surface area contributed by atoms with Crippen LogP contribution in [-0.2, 0) is 9.36 Å². The zero-order valence-corrected chi connectivity index (χ0v) is 13.6. The fraction of sp³-hybridized carbons (Fsp3) is 0.417. The van der Waals surface area contributed by atoms with Crippen LogP contribution >= 0.6 is 7.37 Å². The first kappa shape index (κ1) is 19.8. The highest BCUT2D eigenvalue weighted by atomic mass is 31.2. The van der Waals surface area contributed by atoms with Gasteiger partial charge in [0.25, 0.3) is 0 Å². The average Bonchev–Trinajstić information content (AvgIpc) is 2.51. The van der Waals surface area contributed by atoms with Gasteiger partial charge in [0, 0.05) is 12.5 Å². The molecule has 0 radical (unpaired) electrons. The Kier molecular flexibility index (Phi) is 6.27. The smallest absolute Gasteiger partial charge is 0.315 e. The van der Waals surface area contributed by atoms with Gasteiger partial charge in [-0.3, -0.25) is 19.5 Å². The quantitative estimate of drug-likeness (QED) is 0.248. The molecule has 0 saturated heterocycles. The van der Waals surface area contributed by atoms with Crippen molar-refractivity contribution in [2.24, 2.45) is 11.5 Å². The third kappa shape index (κ3) is 4.20. The van der Waals surface area contributed by atoms with E-state index in [2.05, 4.69) is 0 Å². The zero-order valence-electron chi connectivity index (χ0n) is 12.7. The van der Waals surface area contributed by atoms with Crippen molar-refractivity contribution in [2.45, 2.75) is 24.4 Å². The predicted octanol–water partition coefficient (Wildman–Crippen LogP) is 0.686. The van der Waals surface area contributed by atoms with Crippen molar-refractivity contribution >= 4 is 19.0 Å². The molecule has 0 fully saturated rings. The molecule has 0 aromatic heterocycles. The van der Waals surface area contributed by atoms with E-state index in [1.165, 1.54) is 0 Å². The molecule has 1 aromatic rings. The van der Waals surface area contributed by atoms with Crippen molar-refractivity contribution in [1.29, 1.82) is 0 Å². The largest absolute Gasteiger partial charge is 0.500 e. The van der Waals surface area contributed by atoms with Gasteiger partial charge in [-0.1, -0.05) is 0 Å². The Morgan fingerprint density at radius 1 is 1.46 bits per heavy atom. The molecule has 11 nitrogen and oxygen atoms in total. The lowest BCUT2D eigenvalue weighted by Crippen LogP contribution is -2.27. The number of carbonyl (C=O) groups is 1. The number of hydrogen-bond donors (Lipinski definition) is 5. The van der Waals surface area contributed by atoms with Crippen LogP contribution in [0.4, 0.5) is 5.69 Å². The Hall–Kier alpha value is -2.20. The molecule has 0 aliphatic heterocycles. The van der Waals surface area contributed by atoms with Gasteiger partial charge >= 0.3 is 11.7 Å². The number of nitrogens with two attached hydrogens (primary N) is 2. The van der Waals surface area contributed by atoms with Crippen LogP contribution in [0, 0.1) is 10.1 Å². The lowest BCUT2D eigenvalue weighted by Gasteiger charge is -2.25. The Labute approximate surface area is 136 Å². The molecule has 134 valence electrons. The standard InChI is InChI=1S/C12H18N3O8P/c1-23-8-5-6(4-7(11(8)18)15(19)20)12(14)24(21,22)9(13)2-3-10(16)17/h4-5,9,12,18H,2-3,13-14H2,1H3,(H,16,17)(H,21,22). The van der Waals surface area contributed by atoms with Crippen LogP contribution in [0.2, 0.25) is 0 Å². The van der Waals surface area contributed by atoms with Crippen LogP contribution in [0.25, 0.3) is 0 Å². The molecular formula is C12H18N3O8P. The van der Waals surface area contributed by atoms with Crippen molar-refractivity contribution in [3.8, 4) is 11.5 Å². The Bertz CT molecular complexity index is 695. The maximum atomic E-state index is 12.4. The number of nitro benzene ring substituents is 1. The highest BCUT2D eigenvalue weighted by Gasteiger charge is 2.37. The number of rotatable bonds is 8. The fourth-order valence-electron chi connectivity index (χ4n) is 1.96. The summed E-state index contributed by atoms with van der Waals surface area (Å²) in [7, 11) is -3.17. The number of hydrogen-bond acceptors (Lipinski definition) is 8. The summed E-state index contributed by atoms with van der Waals surface area (Å²) in [6.07, 6.45) is -0.731. The Balaban J connectivity index is 3.24. The third-order valence-corrected chi connectivity index (χ3v) is 5.67. The summed E-state index contributed by atoms with van der Waals surface area (Å²) >= 11 is 0. The number of benzene rings is 1. The third-order valence-electron chi connectivity index (χ3n) is 3.36. The SMILES string of the molecule is COc1cc(C(N)P(=O)(O)C(N)CCC(=O)O)cc([N+](=O)[O-])c1O. The number of carboxylic acid groups (broad SMARTS) is 1. The average molecular weight is 363 g/mol. The first-order valence-corrected chi connectivity index (χ1v) is 8.42. The summed E-state index contributed by atoms with van der Waals surface area (Å²) in [5.41, 5.74) is 10.4. The van der Waals surface area contributed by atoms with Crippen LogP contribution in [0.15, 0.2) is 12.1 Å². The normalized spacial score (nSPS) is 16.0. The van der Waals surface area contributed by atoms with Crippen LogP contribution in [0.1, 0.15) is 24.2 Å². The van der Waals surface area contributed by atoms with Gasteiger partial charge in [0.05, 0.1) is 17.8 Å². The molecule has 0 amide bonds. The van der Waals surface area contributed by atoms with Gasteiger partial charge in [-0.05, 0) is 18.1 Å². The van der Waals surface area contributed by atoms with Gasteiger partial charge in [0.2, 0.25) is 13.1 Å². The fourth-order valence-corrected chi connectivity index (χ4v) is 3.44. The summed E-state index contributed by atoms with van der Waals surface area (Å²) < 4.78 is 17.2. The summed E-state index contributed by atoms with van der Waals surface area (Å²) in [5, 5.41) is 29.2. The monoisotopic (exact) mass is 363 g/mol. The summed E-state index contributed by atoms with van der Waals surface area (Å²) in [4.78, 5) is 30.7. The van der Waals surface area contributed by atoms with Crippen LogP contribution < -0.4 is 16.2 Å². The molecule has 1 rings (SSSR count). The van der Waals surface area contributed by atoms with Crippen molar-refractivity contribution in [1.82, 2.24) is 0 Å². The maximum Gasteiger partial charge on any atom is 0.315 e. The van der Waals surface area contributed by atoms with E-state index in [0.29, 0.717) is 0 Å². The molecule has 12 heteroatoms. The molecule has 0 spiro atoms. The Morgan fingerprint density at radius 2 is 2.04 bits per heavy atom. The lowest BCUT2D eigenvalue weighted by molar-refractivity contribution is -0.386. The maximum absolute atomic E-state index is 12.4. The van der Waals surface area contributed by atoms with Crippen LogP contribution in [-0.4, -0.2) is 38.9 Å². The predicted molar refractivity (Wildman–Crippen MR) is 82.9 cm³/mol. The van der Waals surface area contributed by atoms with Gasteiger partial charge in [-0.15, -0.1) is 0 Å². The van der Waals surface area contributed by atoms with E-state index >= 15 is 0 Å². The second kappa shape index (κ2) is 7.58. The number of phenols is 1. The number of nitrogens with zero attached hydrogens (tertiary/aromatic N) is 1. The number of aliphatic carboxylic acids is 1. The van der Waals surface area contributed by atoms with Gasteiger partial charge in [-0.25, -0.2) is 0 Å². The topological polar surface area (TPSA) is 199 Å². The number of aromatic hydroxyl groups is 1. The van der Waals surface area contributed by atoms with Gasteiger partial charge in [0.1, 0.15) is 5.78 Å². The second-order valence-corrected chi connectivity index (χ2v) is 7.53. The molecule has 3 atom stereocenters. The second-order valence-electron chi connectivity index (χ2n) is 4.97. The highest BCUT2D eigenvalue weighted by molar-refractivity contribution is 7.59. The molecule has 0 saturated carbocycles. The summed E-state index contributed by atoms with van der Waals surface area (Å²) in [6, 6.07) is 1.93. The minimum absolute atomic E-state index is 0.145. The molecule has 0 heterocycles.